The molecule has 17 heavy (non-hydrogen) atoms. The van der Waals surface area contributed by atoms with Crippen LogP contribution in [0.1, 0.15) is 40.5 Å². The number of hydrogen-bond acceptors (Lipinski definition) is 3. The lowest BCUT2D eigenvalue weighted by Gasteiger charge is -2.39. The number of ether oxygens (including phenoxy) is 1. The molecule has 1 rings (SSSR count). The quantitative estimate of drug-likeness (QED) is 0.422. The van der Waals surface area contributed by atoms with Crippen molar-refractivity contribution in [3.05, 3.63) is 12.2 Å². The van der Waals surface area contributed by atoms with Gasteiger partial charge in [0.2, 0.25) is 0 Å². The third kappa shape index (κ3) is 1.92. The van der Waals surface area contributed by atoms with Gasteiger partial charge in [0.25, 0.3) is 0 Å². The molecule has 0 aliphatic heterocycles. The minimum Gasteiger partial charge on any atom is -0.468 e. The highest BCUT2D eigenvalue weighted by Gasteiger charge is 2.59. The number of hydrogen-bond donors (Lipinski definition) is 0. The number of esters is 1. The molecular formula is C14H22O3. The molecule has 0 radical (unpaired) electrons. The van der Waals surface area contributed by atoms with E-state index in [0.29, 0.717) is 5.57 Å². The maximum absolute atomic E-state index is 12.1. The molecule has 96 valence electrons. The van der Waals surface area contributed by atoms with Crippen LogP contribution in [0.25, 0.3) is 0 Å². The summed E-state index contributed by atoms with van der Waals surface area (Å²) >= 11 is 0. The maximum Gasteiger partial charge on any atom is 0.323 e. The van der Waals surface area contributed by atoms with Gasteiger partial charge in [0.05, 0.1) is 7.11 Å². The summed E-state index contributed by atoms with van der Waals surface area (Å²) in [7, 11) is 1.33. The Morgan fingerprint density at radius 2 is 1.94 bits per heavy atom. The van der Waals surface area contributed by atoms with E-state index in [1.54, 1.807) is 0 Å². The van der Waals surface area contributed by atoms with Crippen molar-refractivity contribution < 1.29 is 14.3 Å². The van der Waals surface area contributed by atoms with Crippen molar-refractivity contribution in [2.75, 3.05) is 7.11 Å². The zero-order valence-corrected chi connectivity index (χ0v) is 11.4. The van der Waals surface area contributed by atoms with Gasteiger partial charge in [0.1, 0.15) is 5.41 Å². The van der Waals surface area contributed by atoms with E-state index in [4.69, 9.17) is 4.74 Å². The molecule has 0 amide bonds. The molecule has 1 aliphatic rings. The minimum absolute atomic E-state index is 0.0348. The van der Waals surface area contributed by atoms with Crippen LogP contribution in [-0.4, -0.2) is 18.9 Å². The van der Waals surface area contributed by atoms with Crippen LogP contribution in [0.3, 0.4) is 0 Å². The number of rotatable bonds is 2. The number of Topliss-reactive ketones (excluding diaryl/α,β-unsaturated/α-hetero) is 1. The molecule has 0 spiro atoms. The molecule has 0 N–H and O–H groups in total. The summed E-state index contributed by atoms with van der Waals surface area (Å²) in [6, 6.07) is 0. The summed E-state index contributed by atoms with van der Waals surface area (Å²) < 4.78 is 4.87. The summed E-state index contributed by atoms with van der Waals surface area (Å²) in [4.78, 5) is 24.2. The van der Waals surface area contributed by atoms with Crippen molar-refractivity contribution in [3.63, 3.8) is 0 Å². The van der Waals surface area contributed by atoms with Crippen molar-refractivity contribution in [3.8, 4) is 0 Å². The Balaban J connectivity index is 3.38. The minimum atomic E-state index is -1.13. The average molecular weight is 238 g/mol. The second kappa shape index (κ2) is 4.28. The van der Waals surface area contributed by atoms with Crippen molar-refractivity contribution in [2.24, 2.45) is 16.7 Å². The normalized spacial score (nSPS) is 29.2. The molecule has 2 atom stereocenters. The fraction of sp³-hybridized carbons (Fsp3) is 0.714. The monoisotopic (exact) mass is 238 g/mol. The van der Waals surface area contributed by atoms with Crippen LogP contribution < -0.4 is 0 Å². The predicted molar refractivity (Wildman–Crippen MR) is 66.4 cm³/mol. The largest absolute Gasteiger partial charge is 0.468 e. The first-order valence-electron chi connectivity index (χ1n) is 5.96. The topological polar surface area (TPSA) is 43.4 Å². The van der Waals surface area contributed by atoms with Crippen molar-refractivity contribution in [1.82, 2.24) is 0 Å². The summed E-state index contributed by atoms with van der Waals surface area (Å²) in [6.07, 6.45) is 1.54. The van der Waals surface area contributed by atoms with Gasteiger partial charge in [-0.2, -0.15) is 0 Å². The molecule has 0 aromatic rings. The van der Waals surface area contributed by atoms with E-state index in [-0.39, 0.29) is 17.1 Å². The molecule has 1 aliphatic carbocycles. The first kappa shape index (κ1) is 13.9. The van der Waals surface area contributed by atoms with Crippen LogP contribution in [0.4, 0.5) is 0 Å². The van der Waals surface area contributed by atoms with E-state index in [1.165, 1.54) is 14.0 Å². The fourth-order valence-electron chi connectivity index (χ4n) is 3.15. The fourth-order valence-corrected chi connectivity index (χ4v) is 3.15. The highest BCUT2D eigenvalue weighted by molar-refractivity contribution is 6.06. The van der Waals surface area contributed by atoms with Crippen molar-refractivity contribution in [2.45, 2.75) is 40.5 Å². The number of methoxy groups -OCH3 is 1. The van der Waals surface area contributed by atoms with E-state index < -0.39 is 11.4 Å². The summed E-state index contributed by atoms with van der Waals surface area (Å²) in [5.41, 5.74) is -0.552. The molecule has 1 saturated carbocycles. The third-order valence-corrected chi connectivity index (χ3v) is 3.92. The van der Waals surface area contributed by atoms with Crippen molar-refractivity contribution >= 4 is 11.8 Å². The van der Waals surface area contributed by atoms with Gasteiger partial charge in [-0.1, -0.05) is 32.9 Å². The Hall–Kier alpha value is -1.12. The molecule has 3 heteroatoms. The predicted octanol–water partition coefficient (Wildman–Crippen LogP) is 2.75. The lowest BCUT2D eigenvalue weighted by Crippen LogP contribution is -2.47. The second-order valence-electron chi connectivity index (χ2n) is 5.92. The average Bonchev–Trinajstić information content (AvgIpc) is 2.55. The van der Waals surface area contributed by atoms with Crippen LogP contribution in [0.15, 0.2) is 12.2 Å². The zero-order valence-electron chi connectivity index (χ0n) is 11.4. The summed E-state index contributed by atoms with van der Waals surface area (Å²) in [5, 5.41) is 0. The molecule has 0 unspecified atom stereocenters. The standard InChI is InChI=1S/C14H22O3/c1-9-7-8-11(13(3,4)5)14(9,10(2)15)12(16)17-6/h11H,1,7-8H2,2-6H3/t11-,14+/m0/s1. The zero-order chi connectivity index (χ0) is 13.4. The molecular weight excluding hydrogens is 216 g/mol. The summed E-state index contributed by atoms with van der Waals surface area (Å²) in [6.45, 7) is 11.6. The van der Waals surface area contributed by atoms with Crippen LogP contribution in [-0.2, 0) is 14.3 Å². The molecule has 3 nitrogen and oxygen atoms in total. The Morgan fingerprint density at radius 3 is 2.29 bits per heavy atom. The van der Waals surface area contributed by atoms with Crippen molar-refractivity contribution in [1.29, 1.82) is 0 Å². The van der Waals surface area contributed by atoms with Crippen LogP contribution in [0.5, 0.6) is 0 Å². The Bertz CT molecular complexity index is 362. The molecule has 0 heterocycles. The lowest BCUT2D eigenvalue weighted by atomic mass is 9.63. The number of carbonyl (C=O) groups excluding carboxylic acids is 2. The van der Waals surface area contributed by atoms with Crippen LogP contribution in [0.2, 0.25) is 0 Å². The third-order valence-electron chi connectivity index (χ3n) is 3.92. The smallest absolute Gasteiger partial charge is 0.323 e. The van der Waals surface area contributed by atoms with Gasteiger partial charge >= 0.3 is 5.97 Å². The van der Waals surface area contributed by atoms with Gasteiger partial charge in [-0.25, -0.2) is 0 Å². The van der Waals surface area contributed by atoms with E-state index in [0.717, 1.165) is 12.8 Å². The number of carbonyl (C=O) groups is 2. The molecule has 1 fully saturated rings. The SMILES string of the molecule is C=C1CC[C@@H](C(C)(C)C)[C@@]1(C(C)=O)C(=O)OC. The molecule has 0 aromatic carbocycles. The Labute approximate surface area is 103 Å². The van der Waals surface area contributed by atoms with Gasteiger partial charge in [-0.15, -0.1) is 0 Å². The Morgan fingerprint density at radius 1 is 1.41 bits per heavy atom. The highest BCUT2D eigenvalue weighted by Crippen LogP contribution is 2.55. The molecule has 0 bridgehead atoms. The highest BCUT2D eigenvalue weighted by atomic mass is 16.5. The molecule has 0 saturated heterocycles. The van der Waals surface area contributed by atoms with Gasteiger partial charge in [-0.3, -0.25) is 9.59 Å². The first-order valence-corrected chi connectivity index (χ1v) is 5.96. The van der Waals surface area contributed by atoms with E-state index >= 15 is 0 Å². The van der Waals surface area contributed by atoms with Gasteiger partial charge in [-0.05, 0) is 31.1 Å². The maximum atomic E-state index is 12.1. The second-order valence-corrected chi connectivity index (χ2v) is 5.92. The van der Waals surface area contributed by atoms with E-state index in [2.05, 4.69) is 27.4 Å². The first-order chi connectivity index (χ1) is 7.68. The number of ketones is 1. The van der Waals surface area contributed by atoms with Gasteiger partial charge in [0.15, 0.2) is 5.78 Å². The Kier molecular flexibility index (Phi) is 3.51. The van der Waals surface area contributed by atoms with Crippen LogP contribution in [0, 0.1) is 16.7 Å². The van der Waals surface area contributed by atoms with E-state index in [9.17, 15) is 9.59 Å². The van der Waals surface area contributed by atoms with Crippen LogP contribution >= 0.6 is 0 Å². The van der Waals surface area contributed by atoms with Gasteiger partial charge < -0.3 is 4.74 Å². The summed E-state index contributed by atoms with van der Waals surface area (Å²) in [5.74, 6) is -0.633. The molecule has 0 aromatic heterocycles. The van der Waals surface area contributed by atoms with E-state index in [1.807, 2.05) is 0 Å². The lowest BCUT2D eigenvalue weighted by molar-refractivity contribution is -0.159. The van der Waals surface area contributed by atoms with Gasteiger partial charge in [0, 0.05) is 0 Å².